The molecule has 0 spiro atoms. The molecule has 0 saturated carbocycles. The predicted octanol–water partition coefficient (Wildman–Crippen LogP) is 16.6. The molecule has 0 unspecified atom stereocenters. The molecule has 72 heavy (non-hydrogen) atoms. The Morgan fingerprint density at radius 1 is 0.444 bits per heavy atom. The van der Waals surface area contributed by atoms with Crippen molar-refractivity contribution < 1.29 is 26.1 Å². The Labute approximate surface area is 441 Å². The first-order valence-corrected chi connectivity index (χ1v) is 30.4. The van der Waals surface area contributed by atoms with Crippen LogP contribution in [0.4, 0.5) is 0 Å². The lowest BCUT2D eigenvalue weighted by molar-refractivity contribution is 0.00578. The highest BCUT2D eigenvalue weighted by atomic mass is 79.9. The molecule has 6 nitrogen and oxygen atoms in total. The molecule has 3 aliphatic rings. The number of hydrogen-bond acceptors (Lipinski definition) is 10. The minimum Gasteiger partial charge on any atom is -0.399 e. The molecule has 12 aromatic rings. The highest BCUT2D eigenvalue weighted by Crippen LogP contribution is 2.48. The van der Waals surface area contributed by atoms with Gasteiger partial charge in [0.25, 0.3) is 0 Å². The second-order valence-electron chi connectivity index (χ2n) is 19.2. The number of fused-ring (bicyclic) bond motifs is 16. The van der Waals surface area contributed by atoms with E-state index in [1.807, 2.05) is 53.8 Å². The summed E-state index contributed by atoms with van der Waals surface area (Å²) in [7, 11) is -7.02. The second-order valence-corrected chi connectivity index (χ2v) is 27.8. The zero-order valence-electron chi connectivity index (χ0n) is 39.0. The number of rotatable bonds is 2. The van der Waals surface area contributed by atoms with Crippen molar-refractivity contribution >= 4 is 155 Å². The fourth-order valence-corrected chi connectivity index (χ4v) is 17.9. The lowest BCUT2D eigenvalue weighted by Gasteiger charge is -2.32. The Balaban J connectivity index is 0.000000110. The number of thiophene rings is 4. The molecule has 0 radical (unpaired) electrons. The van der Waals surface area contributed by atoms with Crippen molar-refractivity contribution in [2.75, 3.05) is 0 Å². The van der Waals surface area contributed by atoms with E-state index in [1.165, 1.54) is 61.9 Å². The van der Waals surface area contributed by atoms with Gasteiger partial charge in [-0.15, -0.1) is 45.3 Å². The summed E-state index contributed by atoms with van der Waals surface area (Å²) < 4.78 is 69.9. The van der Waals surface area contributed by atoms with Crippen LogP contribution in [0.15, 0.2) is 193 Å². The van der Waals surface area contributed by atoms with E-state index in [0.717, 1.165) is 41.9 Å². The van der Waals surface area contributed by atoms with Gasteiger partial charge >= 0.3 is 7.12 Å². The van der Waals surface area contributed by atoms with Crippen LogP contribution in [0.25, 0.3) is 94.6 Å². The minimum absolute atomic E-state index is 0.289. The van der Waals surface area contributed by atoms with Gasteiger partial charge in [-0.3, -0.25) is 0 Å². The lowest BCUT2D eigenvalue weighted by atomic mass is 9.87. The highest BCUT2D eigenvalue weighted by Gasteiger charge is 2.52. The normalized spacial score (nSPS) is 16.4. The zero-order valence-corrected chi connectivity index (χ0v) is 45.5. The number of halogens is 1. The number of hydrogen-bond donors (Lipinski definition) is 0. The van der Waals surface area contributed by atoms with Crippen LogP contribution in [-0.2, 0) is 29.0 Å². The average molecular weight is 1120 g/mol. The van der Waals surface area contributed by atoms with Gasteiger partial charge in [-0.1, -0.05) is 107 Å². The van der Waals surface area contributed by atoms with Crippen molar-refractivity contribution in [3.05, 3.63) is 173 Å². The van der Waals surface area contributed by atoms with Crippen molar-refractivity contribution in [2.24, 2.45) is 0 Å². The molecule has 0 N–H and O–H groups in total. The third-order valence-corrected chi connectivity index (χ3v) is 23.0. The average Bonchev–Trinajstić information content (AvgIpc) is 4.25. The van der Waals surface area contributed by atoms with Crippen LogP contribution in [0.5, 0.6) is 0 Å². The third-order valence-electron chi connectivity index (χ3n) is 14.4. The van der Waals surface area contributed by atoms with Gasteiger partial charge in [0, 0.05) is 76.7 Å². The Morgan fingerprint density at radius 2 is 0.903 bits per heavy atom. The van der Waals surface area contributed by atoms with E-state index >= 15 is 0 Å². The smallest absolute Gasteiger partial charge is 0.399 e. The molecule has 3 aliphatic heterocycles. The van der Waals surface area contributed by atoms with Gasteiger partial charge < -0.3 is 9.31 Å². The van der Waals surface area contributed by atoms with Crippen LogP contribution in [0.2, 0.25) is 0 Å². The molecule has 0 atom stereocenters. The van der Waals surface area contributed by atoms with E-state index in [-0.39, 0.29) is 18.3 Å². The Hall–Kier alpha value is -5.52. The molecule has 14 heteroatoms. The highest BCUT2D eigenvalue weighted by molar-refractivity contribution is 9.10. The maximum absolute atomic E-state index is 12.9. The van der Waals surface area contributed by atoms with Gasteiger partial charge in [0.1, 0.15) is 0 Å². The molecule has 1 fully saturated rings. The van der Waals surface area contributed by atoms with Crippen LogP contribution in [0.1, 0.15) is 27.7 Å². The summed E-state index contributed by atoms with van der Waals surface area (Å²) in [6.45, 7) is 8.40. The lowest BCUT2D eigenvalue weighted by Crippen LogP contribution is -2.41. The molecule has 8 aromatic carbocycles. The molecule has 0 amide bonds. The summed E-state index contributed by atoms with van der Waals surface area (Å²) in [6, 6.07) is 51.9. The van der Waals surface area contributed by atoms with Crippen LogP contribution in [-0.4, -0.2) is 35.2 Å². The van der Waals surface area contributed by atoms with Crippen LogP contribution in [0, 0.1) is 0 Å². The molecule has 4 aromatic heterocycles. The topological polar surface area (TPSA) is 86.7 Å². The quantitative estimate of drug-likeness (QED) is 0.160. The maximum Gasteiger partial charge on any atom is 0.505 e. The Kier molecular flexibility index (Phi) is 10.8. The summed E-state index contributed by atoms with van der Waals surface area (Å²) in [5, 5.41) is 14.6. The molecular weight excluding hydrogens is 1080 g/mol. The summed E-state index contributed by atoms with van der Waals surface area (Å²) >= 11 is 10.5. The number of benzene rings is 8. The van der Waals surface area contributed by atoms with Crippen molar-refractivity contribution in [1.29, 1.82) is 0 Å². The minimum atomic E-state index is -3.43. The van der Waals surface area contributed by atoms with Crippen molar-refractivity contribution in [2.45, 2.75) is 58.5 Å². The molecule has 0 bridgehead atoms. The number of sulfone groups is 2. The van der Waals surface area contributed by atoms with Gasteiger partial charge in [0.2, 0.25) is 19.7 Å². The first-order valence-electron chi connectivity index (χ1n) is 23.2. The maximum atomic E-state index is 12.9. The summed E-state index contributed by atoms with van der Waals surface area (Å²) in [4.78, 5) is 2.77. The van der Waals surface area contributed by atoms with Crippen LogP contribution in [0.3, 0.4) is 0 Å². The Morgan fingerprint density at radius 3 is 1.47 bits per heavy atom. The van der Waals surface area contributed by atoms with Gasteiger partial charge in [-0.05, 0) is 132 Å². The van der Waals surface area contributed by atoms with E-state index < -0.39 is 19.7 Å². The summed E-state index contributed by atoms with van der Waals surface area (Å²) in [5.41, 5.74) is 3.61. The van der Waals surface area contributed by atoms with Crippen LogP contribution < -0.4 is 4.78 Å². The molecule has 15 rings (SSSR count). The van der Waals surface area contributed by atoms with Crippen molar-refractivity contribution in [3.8, 4) is 32.7 Å². The van der Waals surface area contributed by atoms with E-state index in [0.29, 0.717) is 19.6 Å². The van der Waals surface area contributed by atoms with E-state index in [2.05, 4.69) is 127 Å². The molecule has 0 aliphatic carbocycles. The van der Waals surface area contributed by atoms with E-state index in [1.54, 1.807) is 76.5 Å². The van der Waals surface area contributed by atoms with Gasteiger partial charge in [0.15, 0.2) is 0 Å². The Bertz CT molecular complexity index is 4470. The van der Waals surface area contributed by atoms with Crippen molar-refractivity contribution in [3.63, 3.8) is 0 Å². The fourth-order valence-electron chi connectivity index (χ4n) is 10.1. The molecule has 7 heterocycles. The summed E-state index contributed by atoms with van der Waals surface area (Å²) in [5.74, 6) is 0. The second kappa shape index (κ2) is 16.8. The fraction of sp³-hybridized carbons (Fsp3) is 0.103. The van der Waals surface area contributed by atoms with Gasteiger partial charge in [-0.25, -0.2) is 16.8 Å². The first-order chi connectivity index (χ1) is 34.6. The predicted molar refractivity (Wildman–Crippen MR) is 306 cm³/mol. The molecular formula is C58H40BBrO6S6. The standard InChI is InChI=1S/C26H14O2S3.C20H19BO2S2.C12H7BrO2S/c27-31(28)23-4-2-1-3-18(23)21-13-16(7-10-24(21)31)22-14-17-6-9-19-20(26(17)30-22)8-5-15-11-12-29-25(15)19;1-19(2)20(3,4)23-21(22-19)16-11-13-6-8-14-15(18(13)25-16)7-5-12-9-10-24-17(12)14;13-8-5-6-12-10(7-8)9-3-1-2-4-11(9)16(12,14)15/h1-14H;5-11H,1-4H3;1-7H. The zero-order chi connectivity index (χ0) is 49.5. The van der Waals surface area contributed by atoms with E-state index in [9.17, 15) is 16.8 Å². The van der Waals surface area contributed by atoms with Gasteiger partial charge in [0.05, 0.1) is 30.8 Å². The van der Waals surface area contributed by atoms with Crippen molar-refractivity contribution in [1.82, 2.24) is 0 Å². The van der Waals surface area contributed by atoms with Gasteiger partial charge in [-0.2, -0.15) is 0 Å². The molecule has 354 valence electrons. The largest absolute Gasteiger partial charge is 0.505 e. The summed E-state index contributed by atoms with van der Waals surface area (Å²) in [6.07, 6.45) is 0. The monoisotopic (exact) mass is 1110 g/mol. The first kappa shape index (κ1) is 46.3. The van der Waals surface area contributed by atoms with Crippen LogP contribution >= 0.6 is 61.3 Å². The van der Waals surface area contributed by atoms with E-state index in [4.69, 9.17) is 9.31 Å². The third kappa shape index (κ3) is 7.24. The molecule has 1 saturated heterocycles. The SMILES string of the molecule is CC1(C)OB(c2cc3ccc4c(ccc5ccsc54)c3s2)OC1(C)C.O=S1(=O)c2ccccc2-c2cc(-c3cc4ccc5c(ccc6ccsc65)c4s3)ccc21.O=S1(=O)c2ccccc2-c2cc(Br)ccc21.